The van der Waals surface area contributed by atoms with E-state index in [1.54, 1.807) is 12.1 Å². The molecule has 1 aromatic heterocycles. The molecule has 1 fully saturated rings. The first-order valence-electron chi connectivity index (χ1n) is 13.1. The van der Waals surface area contributed by atoms with Gasteiger partial charge < -0.3 is 9.74 Å². The molecule has 1 N–H and O–H groups in total. The highest BCUT2D eigenvalue weighted by molar-refractivity contribution is 6.74. The lowest BCUT2D eigenvalue weighted by Crippen LogP contribution is -2.56. The molecule has 4 rings (SSSR count). The van der Waals surface area contributed by atoms with Crippen molar-refractivity contribution in [1.82, 2.24) is 4.98 Å². The summed E-state index contributed by atoms with van der Waals surface area (Å²) in [4.78, 5) is 16.8. The predicted octanol–water partition coefficient (Wildman–Crippen LogP) is 8.73. The molecule has 4 nitrogen and oxygen atoms in total. The number of alkyl halides is 5. The summed E-state index contributed by atoms with van der Waals surface area (Å²) >= 11 is 0. The molecule has 1 amide bonds. The van der Waals surface area contributed by atoms with Crippen LogP contribution in [0.15, 0.2) is 60.8 Å². The fourth-order valence-electron chi connectivity index (χ4n) is 4.59. The standard InChI is InChI=1S/C30H32F6N2O2Si/c1-27(2,3)41(4,5)40-16-20-14-25(30(34,35)36)37-15-24(20)19-6-8-21(9-7-19)28(17-29(32,33)18-28)26(39)38-23-12-10-22(31)11-13-23/h6-15H,16-18H2,1-5H3,(H,38,39). The highest BCUT2D eigenvalue weighted by Crippen LogP contribution is 2.54. The first kappa shape index (κ1) is 30.8. The summed E-state index contributed by atoms with van der Waals surface area (Å²) < 4.78 is 88.2. The van der Waals surface area contributed by atoms with Crippen molar-refractivity contribution in [3.8, 4) is 11.1 Å². The van der Waals surface area contributed by atoms with E-state index in [1.165, 1.54) is 24.3 Å². The van der Waals surface area contributed by atoms with E-state index in [0.717, 1.165) is 24.4 Å². The van der Waals surface area contributed by atoms with Crippen LogP contribution in [0.4, 0.5) is 32.0 Å². The summed E-state index contributed by atoms with van der Waals surface area (Å²) in [7, 11) is -2.31. The average Bonchev–Trinajstić information content (AvgIpc) is 2.86. The molecule has 0 unspecified atom stereocenters. The van der Waals surface area contributed by atoms with Crippen molar-refractivity contribution >= 4 is 19.9 Å². The number of carbonyl (C=O) groups excluding carboxylic acids is 1. The Morgan fingerprint density at radius 2 is 1.59 bits per heavy atom. The number of nitrogens with zero attached hydrogens (tertiary/aromatic N) is 1. The van der Waals surface area contributed by atoms with Crippen molar-refractivity contribution < 1.29 is 35.6 Å². The van der Waals surface area contributed by atoms with Crippen LogP contribution < -0.4 is 5.32 Å². The van der Waals surface area contributed by atoms with E-state index in [4.69, 9.17) is 4.43 Å². The van der Waals surface area contributed by atoms with Crippen molar-refractivity contribution in [2.75, 3.05) is 5.32 Å². The van der Waals surface area contributed by atoms with Crippen molar-refractivity contribution in [2.45, 2.75) is 75.9 Å². The minimum atomic E-state index is -4.65. The number of carbonyl (C=O) groups is 1. The number of hydrogen-bond acceptors (Lipinski definition) is 3. The number of amides is 1. The van der Waals surface area contributed by atoms with E-state index in [1.807, 2.05) is 33.9 Å². The normalized spacial score (nSPS) is 16.7. The zero-order valence-corrected chi connectivity index (χ0v) is 24.4. The van der Waals surface area contributed by atoms with Gasteiger partial charge in [-0.3, -0.25) is 9.78 Å². The van der Waals surface area contributed by atoms with Crippen molar-refractivity contribution in [3.63, 3.8) is 0 Å². The van der Waals surface area contributed by atoms with E-state index in [2.05, 4.69) is 10.3 Å². The number of benzene rings is 2. The van der Waals surface area contributed by atoms with Gasteiger partial charge in [-0.15, -0.1) is 0 Å². The summed E-state index contributed by atoms with van der Waals surface area (Å²) in [5, 5.41) is 2.43. The fraction of sp³-hybridized carbons (Fsp3) is 0.400. The SMILES string of the molecule is CC(C)(C)[Si](C)(C)OCc1cc(C(F)(F)F)ncc1-c1ccc(C2(C(=O)Nc3ccc(F)cc3)CC(F)(F)C2)cc1. The number of halogens is 6. The maximum atomic E-state index is 14.1. The van der Waals surface area contributed by atoms with Gasteiger partial charge >= 0.3 is 6.18 Å². The first-order valence-corrected chi connectivity index (χ1v) is 16.0. The first-order chi connectivity index (χ1) is 18.8. The second-order valence-corrected chi connectivity index (χ2v) is 16.9. The Morgan fingerprint density at radius 1 is 1.00 bits per heavy atom. The molecule has 0 bridgehead atoms. The van der Waals surface area contributed by atoms with E-state index < -0.39 is 56.1 Å². The average molecular weight is 595 g/mol. The molecule has 3 aromatic rings. The Hall–Kier alpha value is -3.18. The van der Waals surface area contributed by atoms with Gasteiger partial charge in [-0.05, 0) is 65.2 Å². The lowest BCUT2D eigenvalue weighted by Gasteiger charge is -2.46. The Kier molecular flexibility index (Phi) is 7.94. The molecule has 2 aromatic carbocycles. The molecule has 0 saturated heterocycles. The molecule has 1 heterocycles. The minimum absolute atomic E-state index is 0.0601. The molecule has 1 aliphatic carbocycles. The maximum Gasteiger partial charge on any atom is 0.433 e. The van der Waals surface area contributed by atoms with Crippen LogP contribution in [-0.2, 0) is 27.4 Å². The van der Waals surface area contributed by atoms with E-state index in [9.17, 15) is 31.1 Å². The lowest BCUT2D eigenvalue weighted by molar-refractivity contribution is -0.154. The van der Waals surface area contributed by atoms with Gasteiger partial charge in [-0.25, -0.2) is 13.2 Å². The molecule has 1 aliphatic rings. The topological polar surface area (TPSA) is 51.2 Å². The monoisotopic (exact) mass is 594 g/mol. The minimum Gasteiger partial charge on any atom is -0.413 e. The number of nitrogens with one attached hydrogen (secondary N) is 1. The van der Waals surface area contributed by atoms with Gasteiger partial charge in [-0.2, -0.15) is 13.2 Å². The van der Waals surface area contributed by atoms with Crippen LogP contribution in [0.2, 0.25) is 18.1 Å². The summed E-state index contributed by atoms with van der Waals surface area (Å²) in [6, 6.07) is 12.2. The quantitative estimate of drug-likeness (QED) is 0.220. The van der Waals surface area contributed by atoms with Gasteiger partial charge in [0, 0.05) is 30.3 Å². The van der Waals surface area contributed by atoms with E-state index >= 15 is 0 Å². The van der Waals surface area contributed by atoms with Crippen molar-refractivity contribution in [3.05, 3.63) is 83.4 Å². The summed E-state index contributed by atoms with van der Waals surface area (Å²) in [6.07, 6.45) is -4.93. The second-order valence-electron chi connectivity index (χ2n) is 12.1. The van der Waals surface area contributed by atoms with Crippen LogP contribution in [0.1, 0.15) is 50.4 Å². The van der Waals surface area contributed by atoms with Gasteiger partial charge in [0.05, 0.1) is 12.0 Å². The fourth-order valence-corrected chi connectivity index (χ4v) is 5.54. The molecule has 220 valence electrons. The van der Waals surface area contributed by atoms with E-state index in [-0.39, 0.29) is 17.3 Å². The van der Waals surface area contributed by atoms with Crippen LogP contribution in [0.5, 0.6) is 0 Å². The second kappa shape index (κ2) is 10.6. The van der Waals surface area contributed by atoms with Gasteiger partial charge in [0.25, 0.3) is 5.92 Å². The molecule has 41 heavy (non-hydrogen) atoms. The zero-order chi connectivity index (χ0) is 30.4. The molecule has 11 heteroatoms. The summed E-state index contributed by atoms with van der Waals surface area (Å²) in [6.45, 7) is 10.0. The number of anilines is 1. The molecular weight excluding hydrogens is 562 g/mol. The van der Waals surface area contributed by atoms with Crippen LogP contribution in [0, 0.1) is 5.82 Å². The van der Waals surface area contributed by atoms with Crippen molar-refractivity contribution in [1.29, 1.82) is 0 Å². The molecule has 0 spiro atoms. The molecule has 1 saturated carbocycles. The number of aromatic nitrogens is 1. The summed E-state index contributed by atoms with van der Waals surface area (Å²) in [5.41, 5.74) is -0.751. The van der Waals surface area contributed by atoms with Crippen LogP contribution in [0.3, 0.4) is 0 Å². The molecule has 0 radical (unpaired) electrons. The van der Waals surface area contributed by atoms with Gasteiger partial charge in [0.1, 0.15) is 11.5 Å². The maximum absolute atomic E-state index is 14.1. The van der Waals surface area contributed by atoms with Gasteiger partial charge in [-0.1, -0.05) is 45.0 Å². The molecule has 0 aliphatic heterocycles. The predicted molar refractivity (Wildman–Crippen MR) is 148 cm³/mol. The van der Waals surface area contributed by atoms with Crippen LogP contribution in [0.25, 0.3) is 11.1 Å². The van der Waals surface area contributed by atoms with E-state index in [0.29, 0.717) is 22.3 Å². The third-order valence-corrected chi connectivity index (χ3v) is 12.6. The van der Waals surface area contributed by atoms with Crippen LogP contribution in [-0.4, -0.2) is 25.1 Å². The van der Waals surface area contributed by atoms with Gasteiger partial charge in [0.15, 0.2) is 8.32 Å². The van der Waals surface area contributed by atoms with Crippen molar-refractivity contribution in [2.24, 2.45) is 0 Å². The third kappa shape index (κ3) is 6.51. The smallest absolute Gasteiger partial charge is 0.413 e. The molecular formula is C30H32F6N2O2Si. The van der Waals surface area contributed by atoms with Gasteiger partial charge in [0.2, 0.25) is 5.91 Å². The number of pyridine rings is 1. The Labute approximate surface area is 236 Å². The highest BCUT2D eigenvalue weighted by atomic mass is 28.4. The Bertz CT molecular complexity index is 1410. The highest BCUT2D eigenvalue weighted by Gasteiger charge is 2.61. The number of rotatable bonds is 7. The number of hydrogen-bond donors (Lipinski definition) is 1. The lowest BCUT2D eigenvalue weighted by atomic mass is 9.61. The third-order valence-electron chi connectivity index (χ3n) is 8.08. The molecule has 0 atom stereocenters. The zero-order valence-electron chi connectivity index (χ0n) is 23.4. The van der Waals surface area contributed by atoms with Crippen LogP contribution >= 0.6 is 0 Å². The summed E-state index contributed by atoms with van der Waals surface area (Å²) in [5.74, 6) is -4.19. The Morgan fingerprint density at radius 3 is 2.10 bits per heavy atom. The largest absolute Gasteiger partial charge is 0.433 e. The Balaban J connectivity index is 1.66.